The van der Waals surface area contributed by atoms with Crippen molar-refractivity contribution in [3.05, 3.63) is 34.1 Å². The summed E-state index contributed by atoms with van der Waals surface area (Å²) in [5.74, 6) is 0.404. The van der Waals surface area contributed by atoms with Gasteiger partial charge in [0.15, 0.2) is 0 Å². The molecule has 1 heterocycles. The van der Waals surface area contributed by atoms with E-state index < -0.39 is 0 Å². The van der Waals surface area contributed by atoms with E-state index in [-0.39, 0.29) is 11.7 Å². The van der Waals surface area contributed by atoms with Crippen LogP contribution in [0.1, 0.15) is 25.3 Å². The van der Waals surface area contributed by atoms with Crippen molar-refractivity contribution in [3.63, 3.8) is 0 Å². The van der Waals surface area contributed by atoms with Gasteiger partial charge in [0, 0.05) is 24.5 Å². The molecule has 0 spiro atoms. The molecule has 0 aromatic heterocycles. The van der Waals surface area contributed by atoms with E-state index in [9.17, 15) is 9.18 Å². The van der Waals surface area contributed by atoms with E-state index in [2.05, 4.69) is 26.1 Å². The minimum absolute atomic E-state index is 0.0389. The van der Waals surface area contributed by atoms with Crippen LogP contribution in [0, 0.1) is 11.7 Å². The molecular weight excluding hydrogens is 323 g/mol. The van der Waals surface area contributed by atoms with Crippen LogP contribution in [0.25, 0.3) is 0 Å². The zero-order chi connectivity index (χ0) is 14.5. The van der Waals surface area contributed by atoms with Gasteiger partial charge in [0.05, 0.1) is 0 Å². The molecule has 0 atom stereocenters. The second-order valence-corrected chi connectivity index (χ2v) is 6.35. The van der Waals surface area contributed by atoms with Crippen LogP contribution in [0.4, 0.5) is 4.39 Å². The standard InChI is InChI=1S/C15H20BrFN2O/c1-11(20)18-9-12-2-4-19(5-3-12)10-13-6-14(16)8-15(17)7-13/h6-8,12H,2-5,9-10H2,1H3,(H,18,20). The predicted molar refractivity (Wildman–Crippen MR) is 80.8 cm³/mol. The highest BCUT2D eigenvalue weighted by molar-refractivity contribution is 9.10. The van der Waals surface area contributed by atoms with Crippen LogP contribution in [0.2, 0.25) is 0 Å². The Kier molecular flexibility index (Phi) is 5.54. The fourth-order valence-corrected chi connectivity index (χ4v) is 3.11. The Morgan fingerprint density at radius 2 is 2.10 bits per heavy atom. The summed E-state index contributed by atoms with van der Waals surface area (Å²) in [5, 5.41) is 2.88. The third-order valence-corrected chi connectivity index (χ3v) is 4.13. The monoisotopic (exact) mass is 342 g/mol. The number of benzene rings is 1. The van der Waals surface area contributed by atoms with E-state index in [1.807, 2.05) is 6.07 Å². The maximum atomic E-state index is 13.3. The summed E-state index contributed by atoms with van der Waals surface area (Å²) >= 11 is 3.32. The van der Waals surface area contributed by atoms with Crippen LogP contribution in [0.5, 0.6) is 0 Å². The summed E-state index contributed by atoms with van der Waals surface area (Å²) in [6.45, 7) is 5.10. The minimum Gasteiger partial charge on any atom is -0.356 e. The molecular formula is C15H20BrFN2O. The number of carbonyl (C=O) groups is 1. The number of halogens is 2. The first-order valence-electron chi connectivity index (χ1n) is 6.94. The minimum atomic E-state index is -0.199. The lowest BCUT2D eigenvalue weighted by Gasteiger charge is -2.32. The molecule has 0 bridgehead atoms. The van der Waals surface area contributed by atoms with E-state index in [0.717, 1.165) is 49.1 Å². The zero-order valence-electron chi connectivity index (χ0n) is 11.7. The van der Waals surface area contributed by atoms with Gasteiger partial charge < -0.3 is 5.32 Å². The molecule has 1 amide bonds. The summed E-state index contributed by atoms with van der Waals surface area (Å²) in [4.78, 5) is 13.2. The quantitative estimate of drug-likeness (QED) is 0.912. The molecule has 0 radical (unpaired) electrons. The Labute approximate surface area is 127 Å². The van der Waals surface area contributed by atoms with E-state index in [0.29, 0.717) is 5.92 Å². The molecule has 0 saturated carbocycles. The van der Waals surface area contributed by atoms with Gasteiger partial charge in [-0.3, -0.25) is 9.69 Å². The molecule has 0 aliphatic carbocycles. The predicted octanol–water partition coefficient (Wildman–Crippen LogP) is 2.94. The number of piperidine rings is 1. The highest BCUT2D eigenvalue weighted by Gasteiger charge is 2.19. The average molecular weight is 343 g/mol. The highest BCUT2D eigenvalue weighted by atomic mass is 79.9. The molecule has 2 rings (SSSR count). The molecule has 5 heteroatoms. The molecule has 1 N–H and O–H groups in total. The molecule has 1 saturated heterocycles. The van der Waals surface area contributed by atoms with Crippen molar-refractivity contribution in [2.75, 3.05) is 19.6 Å². The van der Waals surface area contributed by atoms with Crippen LogP contribution in [-0.4, -0.2) is 30.4 Å². The Morgan fingerprint density at radius 1 is 1.40 bits per heavy atom. The van der Waals surface area contributed by atoms with Gasteiger partial charge in [-0.15, -0.1) is 0 Å². The van der Waals surface area contributed by atoms with Crippen molar-refractivity contribution in [2.45, 2.75) is 26.3 Å². The first kappa shape index (κ1) is 15.4. The summed E-state index contributed by atoms with van der Waals surface area (Å²) in [6.07, 6.45) is 2.16. The smallest absolute Gasteiger partial charge is 0.216 e. The molecule has 1 aliphatic heterocycles. The third-order valence-electron chi connectivity index (χ3n) is 3.68. The molecule has 1 aromatic rings. The van der Waals surface area contributed by atoms with E-state index >= 15 is 0 Å². The van der Waals surface area contributed by atoms with Crippen molar-refractivity contribution in [1.82, 2.24) is 10.2 Å². The lowest BCUT2D eigenvalue weighted by molar-refractivity contribution is -0.119. The Balaban J connectivity index is 1.80. The van der Waals surface area contributed by atoms with Crippen LogP contribution < -0.4 is 5.32 Å². The molecule has 1 aliphatic rings. The normalized spacial score (nSPS) is 17.1. The van der Waals surface area contributed by atoms with Crippen LogP contribution in [0.15, 0.2) is 22.7 Å². The average Bonchev–Trinajstić information content (AvgIpc) is 2.36. The number of hydrogen-bond donors (Lipinski definition) is 1. The van der Waals surface area contributed by atoms with Crippen molar-refractivity contribution >= 4 is 21.8 Å². The number of amides is 1. The third kappa shape index (κ3) is 4.87. The molecule has 1 aromatic carbocycles. The van der Waals surface area contributed by atoms with Gasteiger partial charge in [-0.2, -0.15) is 0 Å². The van der Waals surface area contributed by atoms with Crippen molar-refractivity contribution in [2.24, 2.45) is 5.92 Å². The first-order valence-corrected chi connectivity index (χ1v) is 7.74. The summed E-state index contributed by atoms with van der Waals surface area (Å²) in [6, 6.07) is 5.03. The Morgan fingerprint density at radius 3 is 2.70 bits per heavy atom. The second kappa shape index (κ2) is 7.18. The van der Waals surface area contributed by atoms with E-state index in [1.165, 1.54) is 6.07 Å². The highest BCUT2D eigenvalue weighted by Crippen LogP contribution is 2.21. The van der Waals surface area contributed by atoms with Crippen LogP contribution >= 0.6 is 15.9 Å². The van der Waals surface area contributed by atoms with Crippen LogP contribution in [-0.2, 0) is 11.3 Å². The number of carbonyl (C=O) groups excluding carboxylic acids is 1. The number of hydrogen-bond acceptors (Lipinski definition) is 2. The van der Waals surface area contributed by atoms with Gasteiger partial charge in [0.2, 0.25) is 5.91 Å². The van der Waals surface area contributed by atoms with Crippen LogP contribution in [0.3, 0.4) is 0 Å². The van der Waals surface area contributed by atoms with Gasteiger partial charge in [-0.05, 0) is 55.6 Å². The molecule has 20 heavy (non-hydrogen) atoms. The van der Waals surface area contributed by atoms with Crippen molar-refractivity contribution in [3.8, 4) is 0 Å². The van der Waals surface area contributed by atoms with Gasteiger partial charge >= 0.3 is 0 Å². The topological polar surface area (TPSA) is 32.3 Å². The number of nitrogens with zero attached hydrogens (tertiary/aromatic N) is 1. The Bertz CT molecular complexity index is 453. The fourth-order valence-electron chi connectivity index (χ4n) is 2.60. The molecule has 110 valence electrons. The van der Waals surface area contributed by atoms with E-state index in [1.54, 1.807) is 13.0 Å². The van der Waals surface area contributed by atoms with E-state index in [4.69, 9.17) is 0 Å². The maximum Gasteiger partial charge on any atom is 0.216 e. The summed E-state index contributed by atoms with van der Waals surface area (Å²) in [7, 11) is 0. The molecule has 3 nitrogen and oxygen atoms in total. The van der Waals surface area contributed by atoms with Crippen molar-refractivity contribution in [1.29, 1.82) is 0 Å². The van der Waals surface area contributed by atoms with Gasteiger partial charge in [-0.25, -0.2) is 4.39 Å². The number of nitrogens with one attached hydrogen (secondary N) is 1. The summed E-state index contributed by atoms with van der Waals surface area (Å²) in [5.41, 5.74) is 0.997. The number of rotatable bonds is 4. The second-order valence-electron chi connectivity index (χ2n) is 5.43. The lowest BCUT2D eigenvalue weighted by atomic mass is 9.96. The van der Waals surface area contributed by atoms with Gasteiger partial charge in [-0.1, -0.05) is 15.9 Å². The lowest BCUT2D eigenvalue weighted by Crippen LogP contribution is -2.37. The van der Waals surface area contributed by atoms with Crippen molar-refractivity contribution < 1.29 is 9.18 Å². The molecule has 0 unspecified atom stereocenters. The van der Waals surface area contributed by atoms with Gasteiger partial charge in [0.25, 0.3) is 0 Å². The first-order chi connectivity index (χ1) is 9.52. The summed E-state index contributed by atoms with van der Waals surface area (Å²) < 4.78 is 14.1. The largest absolute Gasteiger partial charge is 0.356 e. The SMILES string of the molecule is CC(=O)NCC1CCN(Cc2cc(F)cc(Br)c2)CC1. The zero-order valence-corrected chi connectivity index (χ0v) is 13.2. The maximum absolute atomic E-state index is 13.3. The number of likely N-dealkylation sites (tertiary alicyclic amines) is 1. The molecule has 1 fully saturated rings. The Hall–Kier alpha value is -0.940. The van der Waals surface area contributed by atoms with Gasteiger partial charge in [0.1, 0.15) is 5.82 Å². The fraction of sp³-hybridized carbons (Fsp3) is 0.533.